The zero-order valence-corrected chi connectivity index (χ0v) is 10.1. The van der Waals surface area contributed by atoms with Crippen molar-refractivity contribution in [3.63, 3.8) is 0 Å². The molecule has 3 rings (SSSR count). The standard InChI is InChI=1S/C11H14BrNO2/c12-10-7-8-9(15-10)1-4-13-11(8)2-5-14-6-3-11/h7,13H,1-6H2. The third-order valence-electron chi connectivity index (χ3n) is 3.46. The van der Waals surface area contributed by atoms with Gasteiger partial charge in [-0.3, -0.25) is 0 Å². The number of ether oxygens (including phenoxy) is 1. The van der Waals surface area contributed by atoms with Crippen molar-refractivity contribution in [1.82, 2.24) is 5.32 Å². The first-order valence-electron chi connectivity index (χ1n) is 5.42. The van der Waals surface area contributed by atoms with Crippen molar-refractivity contribution in [3.8, 4) is 0 Å². The zero-order valence-electron chi connectivity index (χ0n) is 8.51. The van der Waals surface area contributed by atoms with Gasteiger partial charge in [-0.15, -0.1) is 0 Å². The molecule has 0 bridgehead atoms. The molecule has 0 saturated carbocycles. The second kappa shape index (κ2) is 3.61. The lowest BCUT2D eigenvalue weighted by Crippen LogP contribution is -2.50. The van der Waals surface area contributed by atoms with Crippen LogP contribution in [0, 0.1) is 0 Å². The number of nitrogens with one attached hydrogen (secondary N) is 1. The molecule has 0 atom stereocenters. The lowest BCUT2D eigenvalue weighted by atomic mass is 9.80. The Balaban J connectivity index is 2.03. The summed E-state index contributed by atoms with van der Waals surface area (Å²) in [5.74, 6) is 1.14. The minimum atomic E-state index is 0.112. The minimum Gasteiger partial charge on any atom is -0.454 e. The molecule has 0 radical (unpaired) electrons. The number of hydrogen-bond acceptors (Lipinski definition) is 3. The Morgan fingerprint density at radius 3 is 2.93 bits per heavy atom. The van der Waals surface area contributed by atoms with E-state index < -0.39 is 0 Å². The Morgan fingerprint density at radius 2 is 2.13 bits per heavy atom. The van der Waals surface area contributed by atoms with Crippen LogP contribution in [-0.2, 0) is 16.7 Å². The number of fused-ring (bicyclic) bond motifs is 2. The second-order valence-corrected chi connectivity index (χ2v) is 5.04. The molecule has 1 N–H and O–H groups in total. The van der Waals surface area contributed by atoms with E-state index in [9.17, 15) is 0 Å². The Bertz CT molecular complexity index is 369. The molecule has 1 saturated heterocycles. The highest BCUT2D eigenvalue weighted by Crippen LogP contribution is 2.39. The second-order valence-electron chi connectivity index (χ2n) is 4.26. The predicted molar refractivity (Wildman–Crippen MR) is 59.8 cm³/mol. The molecule has 82 valence electrons. The smallest absolute Gasteiger partial charge is 0.169 e. The van der Waals surface area contributed by atoms with Crippen molar-refractivity contribution in [2.24, 2.45) is 0 Å². The van der Waals surface area contributed by atoms with Gasteiger partial charge < -0.3 is 14.5 Å². The van der Waals surface area contributed by atoms with Gasteiger partial charge >= 0.3 is 0 Å². The van der Waals surface area contributed by atoms with Gasteiger partial charge in [-0.05, 0) is 34.8 Å². The van der Waals surface area contributed by atoms with E-state index in [1.807, 2.05) is 0 Å². The first-order chi connectivity index (χ1) is 7.30. The summed E-state index contributed by atoms with van der Waals surface area (Å²) >= 11 is 3.42. The highest BCUT2D eigenvalue weighted by atomic mass is 79.9. The summed E-state index contributed by atoms with van der Waals surface area (Å²) < 4.78 is 12.0. The van der Waals surface area contributed by atoms with E-state index in [1.165, 1.54) is 5.56 Å². The van der Waals surface area contributed by atoms with Crippen LogP contribution in [0.25, 0.3) is 0 Å². The normalized spacial score (nSPS) is 24.1. The molecule has 0 aliphatic carbocycles. The van der Waals surface area contributed by atoms with Crippen LogP contribution in [0.3, 0.4) is 0 Å². The third kappa shape index (κ3) is 1.55. The van der Waals surface area contributed by atoms with Crippen molar-refractivity contribution in [1.29, 1.82) is 0 Å². The van der Waals surface area contributed by atoms with Gasteiger partial charge in [-0.1, -0.05) is 0 Å². The summed E-state index contributed by atoms with van der Waals surface area (Å²) in [4.78, 5) is 0. The van der Waals surface area contributed by atoms with Gasteiger partial charge in [-0.2, -0.15) is 0 Å². The molecule has 2 aliphatic heterocycles. The minimum absolute atomic E-state index is 0.112. The number of halogens is 1. The number of furan rings is 1. The average Bonchev–Trinajstić information content (AvgIpc) is 2.62. The van der Waals surface area contributed by atoms with Crippen LogP contribution in [0.5, 0.6) is 0 Å². The summed E-state index contributed by atoms with van der Waals surface area (Å²) in [7, 11) is 0. The summed E-state index contributed by atoms with van der Waals surface area (Å²) in [6.45, 7) is 2.69. The largest absolute Gasteiger partial charge is 0.454 e. The Kier molecular flexibility index (Phi) is 2.38. The third-order valence-corrected chi connectivity index (χ3v) is 3.85. The average molecular weight is 272 g/mol. The molecule has 0 aromatic carbocycles. The van der Waals surface area contributed by atoms with Crippen molar-refractivity contribution < 1.29 is 9.15 Å². The SMILES string of the molecule is Brc1cc2c(o1)CCNC21CCOCC1. The number of hydrogen-bond donors (Lipinski definition) is 1. The summed E-state index contributed by atoms with van der Waals surface area (Å²) in [6, 6.07) is 2.12. The van der Waals surface area contributed by atoms with Gasteiger partial charge in [0.05, 0.1) is 5.54 Å². The van der Waals surface area contributed by atoms with Gasteiger partial charge in [-0.25, -0.2) is 0 Å². The van der Waals surface area contributed by atoms with Crippen LogP contribution in [-0.4, -0.2) is 19.8 Å². The van der Waals surface area contributed by atoms with Crippen LogP contribution in [0.15, 0.2) is 15.2 Å². The molecular formula is C11H14BrNO2. The van der Waals surface area contributed by atoms with Crippen molar-refractivity contribution in [3.05, 3.63) is 22.1 Å². The summed E-state index contributed by atoms with van der Waals surface area (Å²) in [5, 5.41) is 3.64. The van der Waals surface area contributed by atoms with Crippen molar-refractivity contribution >= 4 is 15.9 Å². The molecular weight excluding hydrogens is 258 g/mol. The van der Waals surface area contributed by atoms with E-state index >= 15 is 0 Å². The Hall–Kier alpha value is -0.320. The number of rotatable bonds is 0. The van der Waals surface area contributed by atoms with Gasteiger partial charge in [0.1, 0.15) is 5.76 Å². The molecule has 0 unspecified atom stereocenters. The topological polar surface area (TPSA) is 34.4 Å². The van der Waals surface area contributed by atoms with E-state index in [2.05, 4.69) is 27.3 Å². The molecule has 0 amide bonds. The van der Waals surface area contributed by atoms with Crippen LogP contribution in [0.1, 0.15) is 24.2 Å². The molecule has 1 spiro atoms. The molecule has 1 fully saturated rings. The van der Waals surface area contributed by atoms with E-state index in [-0.39, 0.29) is 5.54 Å². The van der Waals surface area contributed by atoms with E-state index in [0.717, 1.165) is 49.5 Å². The highest BCUT2D eigenvalue weighted by Gasteiger charge is 2.39. The Morgan fingerprint density at radius 1 is 1.33 bits per heavy atom. The van der Waals surface area contributed by atoms with E-state index in [1.54, 1.807) is 0 Å². The summed E-state index contributed by atoms with van der Waals surface area (Å²) in [5.41, 5.74) is 1.45. The molecule has 15 heavy (non-hydrogen) atoms. The van der Waals surface area contributed by atoms with Gasteiger partial charge in [0, 0.05) is 31.7 Å². The first-order valence-corrected chi connectivity index (χ1v) is 6.21. The fourth-order valence-corrected chi connectivity index (χ4v) is 3.09. The van der Waals surface area contributed by atoms with Gasteiger partial charge in [0.15, 0.2) is 4.67 Å². The van der Waals surface area contributed by atoms with Crippen LogP contribution in [0.2, 0.25) is 0 Å². The molecule has 1 aromatic heterocycles. The fourth-order valence-electron chi connectivity index (χ4n) is 2.66. The van der Waals surface area contributed by atoms with Crippen molar-refractivity contribution in [2.45, 2.75) is 24.8 Å². The van der Waals surface area contributed by atoms with Gasteiger partial charge in [0.2, 0.25) is 0 Å². The highest BCUT2D eigenvalue weighted by molar-refractivity contribution is 9.10. The first kappa shape index (κ1) is 9.87. The maximum atomic E-state index is 5.67. The fraction of sp³-hybridized carbons (Fsp3) is 0.636. The van der Waals surface area contributed by atoms with Crippen LogP contribution < -0.4 is 5.32 Å². The maximum Gasteiger partial charge on any atom is 0.169 e. The molecule has 2 aliphatic rings. The van der Waals surface area contributed by atoms with E-state index in [0.29, 0.717) is 0 Å². The van der Waals surface area contributed by atoms with Crippen LogP contribution in [0.4, 0.5) is 0 Å². The molecule has 4 heteroatoms. The van der Waals surface area contributed by atoms with Crippen LogP contribution >= 0.6 is 15.9 Å². The molecule has 3 nitrogen and oxygen atoms in total. The predicted octanol–water partition coefficient (Wildman–Crippen LogP) is 2.19. The zero-order chi connectivity index (χ0) is 10.3. The lowest BCUT2D eigenvalue weighted by Gasteiger charge is -2.40. The molecule has 1 aromatic rings. The van der Waals surface area contributed by atoms with Gasteiger partial charge in [0.25, 0.3) is 0 Å². The lowest BCUT2D eigenvalue weighted by molar-refractivity contribution is 0.0331. The monoisotopic (exact) mass is 271 g/mol. The quantitative estimate of drug-likeness (QED) is 0.786. The Labute approximate surface area is 97.3 Å². The van der Waals surface area contributed by atoms with Crippen molar-refractivity contribution in [2.75, 3.05) is 19.8 Å². The maximum absolute atomic E-state index is 5.67. The summed E-state index contributed by atoms with van der Waals surface area (Å²) in [6.07, 6.45) is 3.08. The van der Waals surface area contributed by atoms with E-state index in [4.69, 9.17) is 9.15 Å². The molecule has 3 heterocycles.